The summed E-state index contributed by atoms with van der Waals surface area (Å²) in [6.07, 6.45) is 2.66. The Morgan fingerprint density at radius 2 is 1.89 bits per heavy atom. The third-order valence-electron chi connectivity index (χ3n) is 4.21. The number of rotatable bonds is 6. The zero-order valence-corrected chi connectivity index (χ0v) is 12.5. The van der Waals surface area contributed by atoms with Gasteiger partial charge in [0.2, 0.25) is 0 Å². The maximum Gasteiger partial charge on any atom is 0.0367 e. The minimum Gasteiger partial charge on any atom is -0.383 e. The molecule has 0 saturated carbocycles. The highest BCUT2D eigenvalue weighted by Crippen LogP contribution is 2.19. The van der Waals surface area contributed by atoms with Crippen LogP contribution in [0.2, 0.25) is 0 Å². The molecule has 0 aromatic heterocycles. The van der Waals surface area contributed by atoms with Crippen molar-refractivity contribution in [2.24, 2.45) is 0 Å². The molecule has 0 bridgehead atoms. The van der Waals surface area contributed by atoms with Crippen LogP contribution < -0.4 is 10.2 Å². The van der Waals surface area contributed by atoms with Crippen molar-refractivity contribution in [3.63, 3.8) is 0 Å². The Morgan fingerprint density at radius 1 is 1.21 bits per heavy atom. The predicted octanol–water partition coefficient (Wildman–Crippen LogP) is 3.04. The number of hydrogen-bond acceptors (Lipinski definition) is 3. The molecule has 1 saturated heterocycles. The number of hydrogen-bond donors (Lipinski definition) is 1. The van der Waals surface area contributed by atoms with Gasteiger partial charge in [-0.05, 0) is 64.5 Å². The lowest BCUT2D eigenvalue weighted by atomic mass is 10.2. The number of anilines is 2. The third-order valence-corrected chi connectivity index (χ3v) is 4.21. The maximum atomic E-state index is 3.56. The standard InChI is InChI=1S/C16H27N3/c1-4-19(5-2)15-10-8-14(9-11-15)17-13-16-7-6-12-18(16)3/h8-11,16-17H,4-7,12-13H2,1-3H3. The molecule has 0 spiro atoms. The van der Waals surface area contributed by atoms with Crippen molar-refractivity contribution < 1.29 is 0 Å². The van der Waals surface area contributed by atoms with Crippen LogP contribution in [0.25, 0.3) is 0 Å². The minimum absolute atomic E-state index is 0.697. The van der Waals surface area contributed by atoms with Gasteiger partial charge in [-0.15, -0.1) is 0 Å². The summed E-state index contributed by atoms with van der Waals surface area (Å²) in [5.41, 5.74) is 2.55. The van der Waals surface area contributed by atoms with Gasteiger partial charge >= 0.3 is 0 Å². The van der Waals surface area contributed by atoms with Crippen molar-refractivity contribution in [1.29, 1.82) is 0 Å². The topological polar surface area (TPSA) is 18.5 Å². The Kier molecular flexibility index (Phi) is 5.08. The lowest BCUT2D eigenvalue weighted by molar-refractivity contribution is 0.322. The molecule has 1 aliphatic heterocycles. The Hall–Kier alpha value is -1.22. The van der Waals surface area contributed by atoms with E-state index in [2.05, 4.69) is 60.3 Å². The van der Waals surface area contributed by atoms with Crippen molar-refractivity contribution in [2.45, 2.75) is 32.7 Å². The minimum atomic E-state index is 0.697. The van der Waals surface area contributed by atoms with Gasteiger partial charge in [0.05, 0.1) is 0 Å². The predicted molar refractivity (Wildman–Crippen MR) is 84.1 cm³/mol. The van der Waals surface area contributed by atoms with E-state index in [1.165, 1.54) is 30.8 Å². The van der Waals surface area contributed by atoms with E-state index in [1.807, 2.05) is 0 Å². The molecule has 1 aliphatic rings. The number of nitrogens with zero attached hydrogens (tertiary/aromatic N) is 2. The van der Waals surface area contributed by atoms with Gasteiger partial charge < -0.3 is 15.1 Å². The first-order valence-corrected chi connectivity index (χ1v) is 7.53. The quantitative estimate of drug-likeness (QED) is 0.849. The fraction of sp³-hybridized carbons (Fsp3) is 0.625. The fourth-order valence-corrected chi connectivity index (χ4v) is 2.85. The SMILES string of the molecule is CCN(CC)c1ccc(NCC2CCCN2C)cc1. The molecule has 19 heavy (non-hydrogen) atoms. The number of likely N-dealkylation sites (N-methyl/N-ethyl adjacent to an activating group) is 1. The van der Waals surface area contributed by atoms with E-state index in [-0.39, 0.29) is 0 Å². The van der Waals surface area contributed by atoms with Crippen LogP contribution in [0.5, 0.6) is 0 Å². The summed E-state index contributed by atoms with van der Waals surface area (Å²) in [5, 5.41) is 3.56. The van der Waals surface area contributed by atoms with Crippen molar-refractivity contribution in [3.8, 4) is 0 Å². The van der Waals surface area contributed by atoms with E-state index in [1.54, 1.807) is 0 Å². The molecule has 1 fully saturated rings. The van der Waals surface area contributed by atoms with Crippen molar-refractivity contribution in [1.82, 2.24) is 4.90 Å². The fourth-order valence-electron chi connectivity index (χ4n) is 2.85. The molecule has 1 atom stereocenters. The Morgan fingerprint density at radius 3 is 2.42 bits per heavy atom. The summed E-state index contributed by atoms with van der Waals surface area (Å²) in [5.74, 6) is 0. The van der Waals surface area contributed by atoms with E-state index < -0.39 is 0 Å². The summed E-state index contributed by atoms with van der Waals surface area (Å²) in [7, 11) is 2.23. The first-order valence-electron chi connectivity index (χ1n) is 7.53. The van der Waals surface area contributed by atoms with Gasteiger partial charge in [-0.25, -0.2) is 0 Å². The Labute approximate surface area is 117 Å². The molecular weight excluding hydrogens is 234 g/mol. The van der Waals surface area contributed by atoms with Gasteiger partial charge in [-0.2, -0.15) is 0 Å². The van der Waals surface area contributed by atoms with Gasteiger partial charge in [0, 0.05) is 37.1 Å². The van der Waals surface area contributed by atoms with Gasteiger partial charge in [-0.3, -0.25) is 0 Å². The molecule has 0 aliphatic carbocycles. The molecule has 2 rings (SSSR count). The zero-order valence-electron chi connectivity index (χ0n) is 12.5. The molecule has 3 nitrogen and oxygen atoms in total. The van der Waals surface area contributed by atoms with Gasteiger partial charge in [0.15, 0.2) is 0 Å². The molecule has 1 aromatic rings. The summed E-state index contributed by atoms with van der Waals surface area (Å²) >= 11 is 0. The molecule has 1 aromatic carbocycles. The monoisotopic (exact) mass is 261 g/mol. The molecule has 1 unspecified atom stereocenters. The highest BCUT2D eigenvalue weighted by Gasteiger charge is 2.19. The largest absolute Gasteiger partial charge is 0.383 e. The number of benzene rings is 1. The van der Waals surface area contributed by atoms with Crippen LogP contribution in [0.3, 0.4) is 0 Å². The second-order valence-corrected chi connectivity index (χ2v) is 5.38. The number of nitrogens with one attached hydrogen (secondary N) is 1. The van der Waals surface area contributed by atoms with Gasteiger partial charge in [0.1, 0.15) is 0 Å². The smallest absolute Gasteiger partial charge is 0.0367 e. The zero-order chi connectivity index (χ0) is 13.7. The van der Waals surface area contributed by atoms with E-state index in [0.717, 1.165) is 19.6 Å². The molecule has 0 radical (unpaired) electrons. The Bertz CT molecular complexity index is 370. The summed E-state index contributed by atoms with van der Waals surface area (Å²) in [4.78, 5) is 4.83. The number of likely N-dealkylation sites (tertiary alicyclic amines) is 1. The average molecular weight is 261 g/mol. The van der Waals surface area contributed by atoms with E-state index in [0.29, 0.717) is 6.04 Å². The van der Waals surface area contributed by atoms with Crippen molar-refractivity contribution >= 4 is 11.4 Å². The molecule has 106 valence electrons. The maximum absolute atomic E-state index is 3.56. The Balaban J connectivity index is 1.88. The molecule has 1 N–H and O–H groups in total. The lowest BCUT2D eigenvalue weighted by Gasteiger charge is -2.22. The first kappa shape index (κ1) is 14.2. The van der Waals surface area contributed by atoms with Gasteiger partial charge in [0.25, 0.3) is 0 Å². The van der Waals surface area contributed by atoms with E-state index >= 15 is 0 Å². The van der Waals surface area contributed by atoms with Crippen molar-refractivity contribution in [3.05, 3.63) is 24.3 Å². The summed E-state index contributed by atoms with van der Waals surface area (Å²) < 4.78 is 0. The van der Waals surface area contributed by atoms with Crippen LogP contribution in [0.4, 0.5) is 11.4 Å². The molecular formula is C16H27N3. The highest BCUT2D eigenvalue weighted by atomic mass is 15.2. The third kappa shape index (κ3) is 3.63. The van der Waals surface area contributed by atoms with Crippen LogP contribution in [-0.4, -0.2) is 44.2 Å². The average Bonchev–Trinajstić information content (AvgIpc) is 2.85. The summed E-state index contributed by atoms with van der Waals surface area (Å²) in [6.45, 7) is 8.83. The second-order valence-electron chi connectivity index (χ2n) is 5.38. The molecule has 1 heterocycles. The van der Waals surface area contributed by atoms with Gasteiger partial charge in [-0.1, -0.05) is 0 Å². The van der Waals surface area contributed by atoms with Crippen molar-refractivity contribution in [2.75, 3.05) is 43.4 Å². The van der Waals surface area contributed by atoms with Crippen LogP contribution in [0.15, 0.2) is 24.3 Å². The lowest BCUT2D eigenvalue weighted by Crippen LogP contribution is -2.31. The van der Waals surface area contributed by atoms with Crippen LogP contribution in [0, 0.1) is 0 Å². The highest BCUT2D eigenvalue weighted by molar-refractivity contribution is 5.55. The van der Waals surface area contributed by atoms with E-state index in [4.69, 9.17) is 0 Å². The summed E-state index contributed by atoms with van der Waals surface area (Å²) in [6, 6.07) is 9.52. The molecule has 0 amide bonds. The van der Waals surface area contributed by atoms with Crippen LogP contribution in [0.1, 0.15) is 26.7 Å². The molecule has 3 heteroatoms. The first-order chi connectivity index (χ1) is 9.24. The van der Waals surface area contributed by atoms with Crippen LogP contribution in [-0.2, 0) is 0 Å². The van der Waals surface area contributed by atoms with E-state index in [9.17, 15) is 0 Å². The van der Waals surface area contributed by atoms with Crippen LogP contribution >= 0.6 is 0 Å². The second kappa shape index (κ2) is 6.80. The normalized spacial score (nSPS) is 19.6.